The summed E-state index contributed by atoms with van der Waals surface area (Å²) in [5, 5.41) is 3.58. The van der Waals surface area contributed by atoms with Gasteiger partial charge in [0.15, 0.2) is 0 Å². The second kappa shape index (κ2) is 10.0. The molecule has 1 heterocycles. The fraction of sp³-hybridized carbons (Fsp3) is 0.435. The topological polar surface area (TPSA) is 32.3 Å². The molecule has 150 valence electrons. The van der Waals surface area contributed by atoms with Crippen LogP contribution in [0.3, 0.4) is 0 Å². The van der Waals surface area contributed by atoms with Crippen LogP contribution >= 0.6 is 11.6 Å². The molecule has 1 saturated heterocycles. The van der Waals surface area contributed by atoms with Gasteiger partial charge in [-0.25, -0.2) is 4.39 Å². The van der Waals surface area contributed by atoms with Crippen molar-refractivity contribution in [3.8, 4) is 0 Å². The average molecular weight is 403 g/mol. The van der Waals surface area contributed by atoms with Gasteiger partial charge >= 0.3 is 0 Å². The quantitative estimate of drug-likeness (QED) is 0.719. The lowest BCUT2D eigenvalue weighted by atomic mass is 9.95. The molecule has 0 unspecified atom stereocenters. The van der Waals surface area contributed by atoms with E-state index in [1.807, 2.05) is 18.2 Å². The Hall–Kier alpha value is -1.91. The molecule has 1 atom stereocenters. The summed E-state index contributed by atoms with van der Waals surface area (Å²) >= 11 is 5.81. The van der Waals surface area contributed by atoms with E-state index in [0.717, 1.165) is 38.8 Å². The minimum atomic E-state index is -0.264. The summed E-state index contributed by atoms with van der Waals surface area (Å²) in [6.45, 7) is 4.24. The Morgan fingerprint density at radius 3 is 2.61 bits per heavy atom. The van der Waals surface area contributed by atoms with Crippen LogP contribution < -0.4 is 5.32 Å². The molecule has 0 bridgehead atoms. The molecule has 0 saturated carbocycles. The van der Waals surface area contributed by atoms with E-state index in [1.54, 1.807) is 12.1 Å². The number of carbonyl (C=O) groups excluding carboxylic acids is 1. The number of amides is 1. The van der Waals surface area contributed by atoms with E-state index in [-0.39, 0.29) is 23.7 Å². The highest BCUT2D eigenvalue weighted by Gasteiger charge is 2.26. The molecule has 0 spiro atoms. The fourth-order valence-electron chi connectivity index (χ4n) is 3.70. The van der Waals surface area contributed by atoms with E-state index in [4.69, 9.17) is 11.6 Å². The zero-order chi connectivity index (χ0) is 19.9. The van der Waals surface area contributed by atoms with Crippen LogP contribution in [0.5, 0.6) is 0 Å². The molecule has 2 aromatic rings. The predicted molar refractivity (Wildman–Crippen MR) is 112 cm³/mol. The number of hydrogen-bond acceptors (Lipinski definition) is 2. The molecular formula is C23H28ClFN2O. The number of hydrogen-bond donors (Lipinski definition) is 1. The minimum Gasteiger partial charge on any atom is -0.353 e. The molecule has 1 aliphatic heterocycles. The molecule has 0 radical (unpaired) electrons. The molecular weight excluding hydrogens is 375 g/mol. The third kappa shape index (κ3) is 6.05. The van der Waals surface area contributed by atoms with Crippen LogP contribution in [0, 0.1) is 11.7 Å². The predicted octanol–water partition coefficient (Wildman–Crippen LogP) is 4.83. The Kier molecular flexibility index (Phi) is 7.46. The summed E-state index contributed by atoms with van der Waals surface area (Å²) in [6, 6.07) is 15.3. The number of nitrogens with zero attached hydrogens (tertiary/aromatic N) is 1. The van der Waals surface area contributed by atoms with Crippen LogP contribution in [-0.2, 0) is 17.8 Å². The Bertz CT molecular complexity index is 775. The first kappa shape index (κ1) is 20.8. The van der Waals surface area contributed by atoms with Crippen LogP contribution in [0.4, 0.5) is 4.39 Å². The van der Waals surface area contributed by atoms with Crippen molar-refractivity contribution in [1.29, 1.82) is 0 Å². The van der Waals surface area contributed by atoms with Gasteiger partial charge in [-0.15, -0.1) is 0 Å². The third-order valence-corrected chi connectivity index (χ3v) is 5.70. The van der Waals surface area contributed by atoms with Crippen LogP contribution in [0.1, 0.15) is 37.3 Å². The number of carbonyl (C=O) groups is 1. The molecule has 28 heavy (non-hydrogen) atoms. The fourth-order valence-corrected chi connectivity index (χ4v) is 3.86. The number of nitrogens with one attached hydrogen (secondary N) is 1. The van der Waals surface area contributed by atoms with E-state index < -0.39 is 0 Å². The van der Waals surface area contributed by atoms with Gasteiger partial charge in [0.05, 0.1) is 0 Å². The van der Waals surface area contributed by atoms with Gasteiger partial charge < -0.3 is 5.32 Å². The van der Waals surface area contributed by atoms with Gasteiger partial charge in [-0.1, -0.05) is 48.0 Å². The van der Waals surface area contributed by atoms with Crippen molar-refractivity contribution in [2.75, 3.05) is 13.1 Å². The third-order valence-electron chi connectivity index (χ3n) is 5.46. The minimum absolute atomic E-state index is 0.0468. The molecule has 1 N–H and O–H groups in total. The number of halogens is 2. The highest BCUT2D eigenvalue weighted by molar-refractivity contribution is 6.30. The molecule has 3 rings (SSSR count). The van der Waals surface area contributed by atoms with Crippen LogP contribution in [0.15, 0.2) is 48.5 Å². The van der Waals surface area contributed by atoms with Gasteiger partial charge in [-0.3, -0.25) is 9.69 Å². The van der Waals surface area contributed by atoms with Gasteiger partial charge in [0, 0.05) is 29.1 Å². The van der Waals surface area contributed by atoms with Crippen molar-refractivity contribution in [2.24, 2.45) is 5.92 Å². The molecule has 2 aromatic carbocycles. The second-order valence-corrected chi connectivity index (χ2v) is 8.16. The second-order valence-electron chi connectivity index (χ2n) is 7.72. The summed E-state index contributed by atoms with van der Waals surface area (Å²) in [6.07, 6.45) is 3.52. The zero-order valence-electron chi connectivity index (χ0n) is 16.3. The maximum atomic E-state index is 14.0. The largest absolute Gasteiger partial charge is 0.353 e. The van der Waals surface area contributed by atoms with Crippen molar-refractivity contribution in [2.45, 2.75) is 45.2 Å². The lowest BCUT2D eigenvalue weighted by Crippen LogP contribution is -2.43. The Morgan fingerprint density at radius 2 is 1.93 bits per heavy atom. The first-order valence-corrected chi connectivity index (χ1v) is 10.4. The number of likely N-dealkylation sites (tertiary alicyclic amines) is 1. The lowest BCUT2D eigenvalue weighted by Gasteiger charge is -2.32. The van der Waals surface area contributed by atoms with Crippen molar-refractivity contribution in [1.82, 2.24) is 10.2 Å². The summed E-state index contributed by atoms with van der Waals surface area (Å²) in [5.74, 6) is -0.0667. The first-order chi connectivity index (χ1) is 13.5. The van der Waals surface area contributed by atoms with E-state index in [0.29, 0.717) is 17.1 Å². The molecule has 1 amide bonds. The Balaban J connectivity index is 1.40. The summed E-state index contributed by atoms with van der Waals surface area (Å²) in [7, 11) is 0. The maximum Gasteiger partial charge on any atom is 0.223 e. The lowest BCUT2D eigenvalue weighted by molar-refractivity contribution is -0.127. The standard InChI is InChI=1S/C23H28ClFN2O/c1-17(7-8-18-5-3-2-4-6-18)26-23(28)19-11-13-27(14-12-19)16-20-9-10-21(24)15-22(20)25/h2-6,9-10,15,17,19H,7-8,11-14,16H2,1H3,(H,26,28)/t17-/m0/s1. The van der Waals surface area contributed by atoms with Gasteiger partial charge in [0.2, 0.25) is 5.91 Å². The monoisotopic (exact) mass is 402 g/mol. The Morgan fingerprint density at radius 1 is 1.21 bits per heavy atom. The average Bonchev–Trinajstić information content (AvgIpc) is 2.70. The number of benzene rings is 2. The highest BCUT2D eigenvalue weighted by atomic mass is 35.5. The van der Waals surface area contributed by atoms with Gasteiger partial charge in [0.25, 0.3) is 0 Å². The molecule has 3 nitrogen and oxygen atoms in total. The van der Waals surface area contributed by atoms with Crippen molar-refractivity contribution >= 4 is 17.5 Å². The van der Waals surface area contributed by atoms with Gasteiger partial charge in [-0.2, -0.15) is 0 Å². The van der Waals surface area contributed by atoms with Crippen LogP contribution in [-0.4, -0.2) is 29.9 Å². The SMILES string of the molecule is C[C@@H](CCc1ccccc1)NC(=O)C1CCN(Cc2ccc(Cl)cc2F)CC1. The highest BCUT2D eigenvalue weighted by Crippen LogP contribution is 2.22. The van der Waals surface area contributed by atoms with Crippen molar-refractivity contribution < 1.29 is 9.18 Å². The zero-order valence-corrected chi connectivity index (χ0v) is 17.1. The number of rotatable bonds is 7. The molecule has 5 heteroatoms. The van der Waals surface area contributed by atoms with Crippen LogP contribution in [0.2, 0.25) is 5.02 Å². The van der Waals surface area contributed by atoms with Crippen molar-refractivity contribution in [3.63, 3.8) is 0 Å². The van der Waals surface area contributed by atoms with E-state index in [1.165, 1.54) is 11.6 Å². The first-order valence-electron chi connectivity index (χ1n) is 10.0. The van der Waals surface area contributed by atoms with Crippen LogP contribution in [0.25, 0.3) is 0 Å². The molecule has 1 aliphatic rings. The van der Waals surface area contributed by atoms with E-state index in [2.05, 4.69) is 29.3 Å². The number of piperidine rings is 1. The van der Waals surface area contributed by atoms with Gasteiger partial charge in [0.1, 0.15) is 5.82 Å². The van der Waals surface area contributed by atoms with E-state index >= 15 is 0 Å². The molecule has 1 fully saturated rings. The Labute approximate surface area is 171 Å². The molecule has 0 aromatic heterocycles. The summed E-state index contributed by atoms with van der Waals surface area (Å²) in [4.78, 5) is 14.8. The smallest absolute Gasteiger partial charge is 0.223 e. The molecule has 0 aliphatic carbocycles. The summed E-state index contributed by atoms with van der Waals surface area (Å²) < 4.78 is 14.0. The van der Waals surface area contributed by atoms with Gasteiger partial charge in [-0.05, 0) is 63.4 Å². The van der Waals surface area contributed by atoms with E-state index in [9.17, 15) is 9.18 Å². The number of aryl methyl sites for hydroxylation is 1. The van der Waals surface area contributed by atoms with Crippen molar-refractivity contribution in [3.05, 3.63) is 70.5 Å². The summed E-state index contributed by atoms with van der Waals surface area (Å²) in [5.41, 5.74) is 1.95. The normalized spacial score (nSPS) is 16.7. The maximum absolute atomic E-state index is 14.0.